The first-order valence-electron chi connectivity index (χ1n) is 7.17. The molecular formula is C16H26N2. The summed E-state index contributed by atoms with van der Waals surface area (Å²) in [6, 6.07) is 12.2. The van der Waals surface area contributed by atoms with Crippen LogP contribution in [0.4, 0.5) is 0 Å². The van der Waals surface area contributed by atoms with Crippen LogP contribution in [-0.4, -0.2) is 31.1 Å². The fourth-order valence-electron chi connectivity index (χ4n) is 2.92. The Morgan fingerprint density at radius 3 is 2.56 bits per heavy atom. The summed E-state index contributed by atoms with van der Waals surface area (Å²) in [5.74, 6) is 0.740. The second-order valence-electron chi connectivity index (χ2n) is 5.83. The molecule has 18 heavy (non-hydrogen) atoms. The maximum Gasteiger partial charge on any atom is 0.0351 e. The second-order valence-corrected chi connectivity index (χ2v) is 5.83. The lowest BCUT2D eigenvalue weighted by Gasteiger charge is -2.29. The monoisotopic (exact) mass is 246 g/mol. The van der Waals surface area contributed by atoms with Gasteiger partial charge in [0.05, 0.1) is 0 Å². The topological polar surface area (TPSA) is 15.3 Å². The van der Waals surface area contributed by atoms with Crippen LogP contribution in [0.3, 0.4) is 0 Å². The lowest BCUT2D eigenvalue weighted by Crippen LogP contribution is -2.32. The van der Waals surface area contributed by atoms with E-state index in [2.05, 4.69) is 61.4 Å². The maximum atomic E-state index is 3.41. The first kappa shape index (κ1) is 13.6. The minimum Gasteiger partial charge on any atom is -0.316 e. The van der Waals surface area contributed by atoms with Gasteiger partial charge in [0.15, 0.2) is 0 Å². The highest BCUT2D eigenvalue weighted by atomic mass is 15.2. The quantitative estimate of drug-likeness (QED) is 0.859. The first-order valence-corrected chi connectivity index (χ1v) is 7.17. The summed E-state index contributed by atoms with van der Waals surface area (Å²) in [6.45, 7) is 7.05. The fourth-order valence-corrected chi connectivity index (χ4v) is 2.92. The molecule has 1 N–H and O–H groups in total. The first-order chi connectivity index (χ1) is 8.70. The Bertz CT molecular complexity index is 347. The maximum absolute atomic E-state index is 3.41. The number of likely N-dealkylation sites (N-methyl/N-ethyl adjacent to an activating group) is 1. The minimum absolute atomic E-state index is 0.588. The molecular weight excluding hydrogens is 220 g/mol. The molecule has 1 aromatic rings. The highest BCUT2D eigenvalue weighted by molar-refractivity contribution is 5.19. The van der Waals surface area contributed by atoms with E-state index >= 15 is 0 Å². The fraction of sp³-hybridized carbons (Fsp3) is 0.625. The number of rotatable bonds is 5. The van der Waals surface area contributed by atoms with Crippen LogP contribution >= 0.6 is 0 Å². The van der Waals surface area contributed by atoms with Gasteiger partial charge in [0, 0.05) is 25.2 Å². The van der Waals surface area contributed by atoms with E-state index in [1.54, 1.807) is 0 Å². The van der Waals surface area contributed by atoms with Gasteiger partial charge in [0.25, 0.3) is 0 Å². The third kappa shape index (κ3) is 3.33. The molecule has 100 valence electrons. The van der Waals surface area contributed by atoms with Crippen LogP contribution in [0.2, 0.25) is 0 Å². The molecule has 0 saturated carbocycles. The molecule has 2 atom stereocenters. The molecule has 1 heterocycles. The van der Waals surface area contributed by atoms with Gasteiger partial charge in [-0.15, -0.1) is 0 Å². The van der Waals surface area contributed by atoms with Crippen molar-refractivity contribution in [3.05, 3.63) is 35.9 Å². The standard InChI is InChI=1S/C16H26N2/c1-13(2)11-16(14-7-5-4-6-8-14)18-10-9-15(12-18)17-3/h4-8,13,15-17H,9-12H2,1-3H3. The van der Waals surface area contributed by atoms with Crippen LogP contribution in [0.5, 0.6) is 0 Å². The van der Waals surface area contributed by atoms with Crippen molar-refractivity contribution in [2.24, 2.45) is 5.92 Å². The molecule has 2 rings (SSSR count). The Kier molecular flexibility index (Phi) is 4.79. The summed E-state index contributed by atoms with van der Waals surface area (Å²) >= 11 is 0. The predicted molar refractivity (Wildman–Crippen MR) is 77.7 cm³/mol. The Morgan fingerprint density at radius 1 is 1.28 bits per heavy atom. The highest BCUT2D eigenvalue weighted by Crippen LogP contribution is 2.30. The van der Waals surface area contributed by atoms with Crippen molar-refractivity contribution in [2.75, 3.05) is 20.1 Å². The van der Waals surface area contributed by atoms with Crippen molar-refractivity contribution in [2.45, 2.75) is 38.8 Å². The molecule has 0 aromatic heterocycles. The van der Waals surface area contributed by atoms with Crippen LogP contribution in [0, 0.1) is 5.92 Å². The summed E-state index contributed by atoms with van der Waals surface area (Å²) in [4.78, 5) is 2.65. The van der Waals surface area contributed by atoms with E-state index in [0.29, 0.717) is 12.1 Å². The van der Waals surface area contributed by atoms with Gasteiger partial charge in [-0.1, -0.05) is 44.2 Å². The van der Waals surface area contributed by atoms with Gasteiger partial charge in [-0.25, -0.2) is 0 Å². The van der Waals surface area contributed by atoms with E-state index in [1.807, 2.05) is 0 Å². The van der Waals surface area contributed by atoms with Crippen molar-refractivity contribution < 1.29 is 0 Å². The predicted octanol–water partition coefficient (Wildman–Crippen LogP) is 3.07. The molecule has 1 aromatic carbocycles. The Hall–Kier alpha value is -0.860. The number of nitrogens with zero attached hydrogens (tertiary/aromatic N) is 1. The van der Waals surface area contributed by atoms with Crippen LogP contribution in [-0.2, 0) is 0 Å². The number of hydrogen-bond donors (Lipinski definition) is 1. The SMILES string of the molecule is CNC1CCN(C(CC(C)C)c2ccccc2)C1. The molecule has 0 amide bonds. The molecule has 0 bridgehead atoms. The zero-order valence-corrected chi connectivity index (χ0v) is 11.9. The van der Waals surface area contributed by atoms with Gasteiger partial charge in [0.2, 0.25) is 0 Å². The zero-order valence-electron chi connectivity index (χ0n) is 11.9. The number of likely N-dealkylation sites (tertiary alicyclic amines) is 1. The summed E-state index contributed by atoms with van der Waals surface area (Å²) in [5.41, 5.74) is 1.47. The van der Waals surface area contributed by atoms with E-state index in [1.165, 1.54) is 31.5 Å². The van der Waals surface area contributed by atoms with Crippen molar-refractivity contribution in [3.63, 3.8) is 0 Å². The van der Waals surface area contributed by atoms with Crippen molar-refractivity contribution in [1.29, 1.82) is 0 Å². The molecule has 1 saturated heterocycles. The van der Waals surface area contributed by atoms with Gasteiger partial charge in [-0.3, -0.25) is 4.90 Å². The van der Waals surface area contributed by atoms with Gasteiger partial charge in [-0.05, 0) is 31.4 Å². The molecule has 1 aliphatic rings. The van der Waals surface area contributed by atoms with E-state index in [-0.39, 0.29) is 0 Å². The zero-order chi connectivity index (χ0) is 13.0. The Morgan fingerprint density at radius 2 is 2.00 bits per heavy atom. The van der Waals surface area contributed by atoms with E-state index in [4.69, 9.17) is 0 Å². The largest absolute Gasteiger partial charge is 0.316 e. The van der Waals surface area contributed by atoms with Gasteiger partial charge >= 0.3 is 0 Å². The minimum atomic E-state index is 0.588. The lowest BCUT2D eigenvalue weighted by molar-refractivity contribution is 0.210. The summed E-state index contributed by atoms with van der Waals surface area (Å²) < 4.78 is 0. The molecule has 1 fully saturated rings. The van der Waals surface area contributed by atoms with Crippen LogP contribution in [0.15, 0.2) is 30.3 Å². The average Bonchev–Trinajstić information content (AvgIpc) is 2.85. The summed E-state index contributed by atoms with van der Waals surface area (Å²) in [7, 11) is 2.08. The van der Waals surface area contributed by atoms with Crippen molar-refractivity contribution in [3.8, 4) is 0 Å². The number of hydrogen-bond acceptors (Lipinski definition) is 2. The normalized spacial score (nSPS) is 22.6. The molecule has 2 heteroatoms. The Labute approximate surface area is 111 Å². The highest BCUT2D eigenvalue weighted by Gasteiger charge is 2.28. The summed E-state index contributed by atoms with van der Waals surface area (Å²) in [5, 5.41) is 3.41. The van der Waals surface area contributed by atoms with Gasteiger partial charge < -0.3 is 5.32 Å². The van der Waals surface area contributed by atoms with Crippen LogP contribution < -0.4 is 5.32 Å². The molecule has 0 spiro atoms. The lowest BCUT2D eigenvalue weighted by atomic mass is 9.96. The van der Waals surface area contributed by atoms with Crippen LogP contribution in [0.25, 0.3) is 0 Å². The van der Waals surface area contributed by atoms with Gasteiger partial charge in [0.1, 0.15) is 0 Å². The average molecular weight is 246 g/mol. The molecule has 2 unspecified atom stereocenters. The van der Waals surface area contributed by atoms with Crippen molar-refractivity contribution >= 4 is 0 Å². The summed E-state index contributed by atoms with van der Waals surface area (Å²) in [6.07, 6.45) is 2.53. The van der Waals surface area contributed by atoms with E-state index in [0.717, 1.165) is 5.92 Å². The number of nitrogens with one attached hydrogen (secondary N) is 1. The van der Waals surface area contributed by atoms with E-state index < -0.39 is 0 Å². The molecule has 2 nitrogen and oxygen atoms in total. The second kappa shape index (κ2) is 6.35. The van der Waals surface area contributed by atoms with E-state index in [9.17, 15) is 0 Å². The smallest absolute Gasteiger partial charge is 0.0351 e. The third-order valence-electron chi connectivity index (χ3n) is 3.95. The van der Waals surface area contributed by atoms with Crippen LogP contribution in [0.1, 0.15) is 38.3 Å². The molecule has 1 aliphatic heterocycles. The molecule has 0 aliphatic carbocycles. The Balaban J connectivity index is 2.11. The van der Waals surface area contributed by atoms with Gasteiger partial charge in [-0.2, -0.15) is 0 Å². The number of benzene rings is 1. The van der Waals surface area contributed by atoms with Crippen molar-refractivity contribution in [1.82, 2.24) is 10.2 Å². The molecule has 0 radical (unpaired) electrons. The third-order valence-corrected chi connectivity index (χ3v) is 3.95.